The largest absolute Gasteiger partial charge is 0.390 e. The summed E-state index contributed by atoms with van der Waals surface area (Å²) in [6.45, 7) is 14.7. The van der Waals surface area contributed by atoms with E-state index in [1.807, 2.05) is 0 Å². The molecule has 18 heavy (non-hydrogen) atoms. The first-order valence-corrected chi connectivity index (χ1v) is 9.72. The van der Waals surface area contributed by atoms with Crippen molar-refractivity contribution in [2.24, 2.45) is 5.92 Å². The first-order valence-electron chi connectivity index (χ1n) is 6.81. The molecule has 2 nitrogen and oxygen atoms in total. The lowest BCUT2D eigenvalue weighted by Crippen LogP contribution is -2.52. The van der Waals surface area contributed by atoms with Gasteiger partial charge in [-0.2, -0.15) is 0 Å². The molecule has 1 atom stereocenters. The Morgan fingerprint density at radius 2 is 1.83 bits per heavy atom. The van der Waals surface area contributed by atoms with E-state index in [4.69, 9.17) is 4.43 Å². The van der Waals surface area contributed by atoms with E-state index in [9.17, 15) is 5.11 Å². The Morgan fingerprint density at radius 3 is 2.22 bits per heavy atom. The molecule has 1 aliphatic rings. The van der Waals surface area contributed by atoms with Crippen molar-refractivity contribution in [3.05, 3.63) is 24.8 Å². The van der Waals surface area contributed by atoms with Crippen LogP contribution in [0.25, 0.3) is 0 Å². The van der Waals surface area contributed by atoms with Gasteiger partial charge in [0.05, 0.1) is 0 Å². The van der Waals surface area contributed by atoms with Gasteiger partial charge in [0.1, 0.15) is 0 Å². The van der Waals surface area contributed by atoms with Gasteiger partial charge >= 0.3 is 0 Å². The van der Waals surface area contributed by atoms with Crippen LogP contribution in [0.5, 0.6) is 0 Å². The van der Waals surface area contributed by atoms with E-state index < -0.39 is 14.1 Å². The number of rotatable bonds is 5. The van der Waals surface area contributed by atoms with Crippen LogP contribution >= 0.6 is 0 Å². The molecule has 0 aromatic rings. The molecular formula is C15H28O2Si. The molecule has 0 spiro atoms. The van der Waals surface area contributed by atoms with Crippen molar-refractivity contribution in [3.63, 3.8) is 0 Å². The predicted octanol–water partition coefficient (Wildman–Crippen LogP) is 4.24. The lowest BCUT2D eigenvalue weighted by molar-refractivity contribution is -0.181. The van der Waals surface area contributed by atoms with Gasteiger partial charge in [0.25, 0.3) is 0 Å². The second-order valence-electron chi connectivity index (χ2n) is 6.84. The summed E-state index contributed by atoms with van der Waals surface area (Å²) in [5.41, 5.74) is 0. The summed E-state index contributed by atoms with van der Waals surface area (Å²) in [7, 11) is -1.97. The van der Waals surface area contributed by atoms with Crippen molar-refractivity contribution in [1.82, 2.24) is 0 Å². The fraction of sp³-hybridized carbons (Fsp3) is 0.733. The van der Waals surface area contributed by atoms with Crippen molar-refractivity contribution >= 4 is 8.32 Å². The average molecular weight is 268 g/mol. The van der Waals surface area contributed by atoms with Crippen LogP contribution in [-0.4, -0.2) is 19.2 Å². The fourth-order valence-corrected chi connectivity index (χ4v) is 3.52. The summed E-state index contributed by atoms with van der Waals surface area (Å²) in [6.07, 6.45) is 8.34. The van der Waals surface area contributed by atoms with E-state index in [-0.39, 0.29) is 11.0 Å². The Bertz CT molecular complexity index is 320. The maximum atomic E-state index is 10.9. The van der Waals surface area contributed by atoms with Crippen molar-refractivity contribution in [2.75, 3.05) is 0 Å². The van der Waals surface area contributed by atoms with Gasteiger partial charge in [0.15, 0.2) is 14.1 Å². The van der Waals surface area contributed by atoms with Gasteiger partial charge < -0.3 is 9.53 Å². The number of allylic oxidation sites excluding steroid dienone is 2. The van der Waals surface area contributed by atoms with Crippen molar-refractivity contribution in [2.45, 2.75) is 64.0 Å². The van der Waals surface area contributed by atoms with Gasteiger partial charge in [0, 0.05) is 12.3 Å². The molecule has 0 radical (unpaired) electrons. The zero-order valence-corrected chi connectivity index (χ0v) is 13.5. The van der Waals surface area contributed by atoms with Crippen LogP contribution in [0.15, 0.2) is 24.8 Å². The van der Waals surface area contributed by atoms with Gasteiger partial charge in [-0.05, 0) is 31.0 Å². The van der Waals surface area contributed by atoms with Gasteiger partial charge in [-0.1, -0.05) is 39.0 Å². The van der Waals surface area contributed by atoms with Crippen molar-refractivity contribution in [3.8, 4) is 0 Å². The highest BCUT2D eigenvalue weighted by Gasteiger charge is 2.46. The van der Waals surface area contributed by atoms with E-state index in [0.29, 0.717) is 6.42 Å². The molecule has 0 aliphatic heterocycles. The van der Waals surface area contributed by atoms with Gasteiger partial charge in [-0.3, -0.25) is 0 Å². The lowest BCUT2D eigenvalue weighted by Gasteiger charge is -2.45. The van der Waals surface area contributed by atoms with Crippen LogP contribution in [0.3, 0.4) is 0 Å². The van der Waals surface area contributed by atoms with Crippen molar-refractivity contribution < 1.29 is 9.53 Å². The second kappa shape index (κ2) is 5.31. The second-order valence-corrected chi connectivity index (χ2v) is 11.6. The molecule has 1 aliphatic carbocycles. The summed E-state index contributed by atoms with van der Waals surface area (Å²) < 4.78 is 6.30. The topological polar surface area (TPSA) is 29.5 Å². The minimum atomic E-state index is -1.97. The average Bonchev–Trinajstić information content (AvgIpc) is 2.67. The molecule has 0 saturated carbocycles. The van der Waals surface area contributed by atoms with Crippen LogP contribution in [0.2, 0.25) is 18.1 Å². The highest BCUT2D eigenvalue weighted by molar-refractivity contribution is 6.74. The highest BCUT2D eigenvalue weighted by atomic mass is 28.4. The molecule has 0 amide bonds. The molecular weight excluding hydrogens is 240 g/mol. The van der Waals surface area contributed by atoms with Crippen molar-refractivity contribution in [1.29, 1.82) is 0 Å². The van der Waals surface area contributed by atoms with Gasteiger partial charge in [0.2, 0.25) is 0 Å². The minimum absolute atomic E-state index is 0.105. The number of hydrogen-bond acceptors (Lipinski definition) is 2. The molecule has 0 saturated heterocycles. The predicted molar refractivity (Wildman–Crippen MR) is 79.9 cm³/mol. The van der Waals surface area contributed by atoms with Crippen LogP contribution in [0, 0.1) is 5.92 Å². The smallest absolute Gasteiger partial charge is 0.195 e. The molecule has 0 bridgehead atoms. The summed E-state index contributed by atoms with van der Waals surface area (Å²) in [5.74, 6) is -0.876. The van der Waals surface area contributed by atoms with E-state index >= 15 is 0 Å². The Labute approximate surface area is 113 Å². The number of aliphatic hydroxyl groups is 1. The van der Waals surface area contributed by atoms with Gasteiger partial charge in [-0.15, -0.1) is 6.58 Å². The Kier molecular flexibility index (Phi) is 4.63. The third-order valence-electron chi connectivity index (χ3n) is 4.32. The SMILES string of the molecule is C=CC[C@@](O)(O[Si](C)(C)C(C)(C)C)C1CC=CC1. The molecule has 104 valence electrons. The van der Waals surface area contributed by atoms with E-state index in [0.717, 1.165) is 12.8 Å². The third-order valence-corrected chi connectivity index (χ3v) is 8.80. The van der Waals surface area contributed by atoms with Crippen LogP contribution in [-0.2, 0) is 4.43 Å². The Balaban J connectivity index is 2.89. The third kappa shape index (κ3) is 3.34. The minimum Gasteiger partial charge on any atom is -0.390 e. The molecule has 1 rings (SSSR count). The van der Waals surface area contributed by atoms with Crippen LogP contribution in [0.4, 0.5) is 0 Å². The molecule has 0 heterocycles. The summed E-state index contributed by atoms with van der Waals surface area (Å²) in [4.78, 5) is 0. The maximum Gasteiger partial charge on any atom is 0.195 e. The Hall–Kier alpha value is -0.383. The summed E-state index contributed by atoms with van der Waals surface area (Å²) in [6, 6.07) is 0. The van der Waals surface area contributed by atoms with E-state index in [1.54, 1.807) is 6.08 Å². The highest BCUT2D eigenvalue weighted by Crippen LogP contribution is 2.43. The van der Waals surface area contributed by atoms with E-state index in [1.165, 1.54) is 0 Å². The summed E-state index contributed by atoms with van der Waals surface area (Å²) in [5, 5.41) is 11.0. The molecule has 1 N–H and O–H groups in total. The van der Waals surface area contributed by atoms with E-state index in [2.05, 4.69) is 52.6 Å². The summed E-state index contributed by atoms with van der Waals surface area (Å²) >= 11 is 0. The molecule has 0 unspecified atom stereocenters. The standard InChI is InChI=1S/C15H28O2Si/c1-7-12-15(16,13-10-8-9-11-13)17-18(5,6)14(2,3)4/h7-9,13,16H,1,10-12H2,2-6H3/t15-/m1/s1. The molecule has 3 heteroatoms. The monoisotopic (exact) mass is 268 g/mol. The lowest BCUT2D eigenvalue weighted by atomic mass is 9.93. The fourth-order valence-electron chi connectivity index (χ4n) is 2.08. The zero-order valence-electron chi connectivity index (χ0n) is 12.5. The quantitative estimate of drug-likeness (QED) is 0.459. The van der Waals surface area contributed by atoms with Crippen LogP contribution in [0.1, 0.15) is 40.0 Å². The zero-order chi connectivity index (χ0) is 14.0. The first-order chi connectivity index (χ1) is 8.12. The first kappa shape index (κ1) is 15.7. The van der Waals surface area contributed by atoms with Gasteiger partial charge in [-0.25, -0.2) is 0 Å². The Morgan fingerprint density at radius 1 is 1.33 bits per heavy atom. The van der Waals surface area contributed by atoms with Crippen LogP contribution < -0.4 is 0 Å². The molecule has 0 fully saturated rings. The molecule has 0 aromatic heterocycles. The normalized spacial score (nSPS) is 21.0. The molecule has 0 aromatic carbocycles. The number of hydrogen-bond donors (Lipinski definition) is 1. The maximum absolute atomic E-state index is 10.9.